The Morgan fingerprint density at radius 1 is 1.60 bits per heavy atom. The maximum atomic E-state index is 13.1. The van der Waals surface area contributed by atoms with Gasteiger partial charge in [-0.1, -0.05) is 0 Å². The summed E-state index contributed by atoms with van der Waals surface area (Å²) in [6.07, 6.45) is -4.29. The number of carbonyl (C=O) groups excluding carboxylic acids is 1. The molecule has 20 heavy (non-hydrogen) atoms. The number of nitrogens with zero attached hydrogens (tertiary/aromatic N) is 1. The van der Waals surface area contributed by atoms with Crippen molar-refractivity contribution in [3.8, 4) is 0 Å². The molecule has 1 saturated heterocycles. The monoisotopic (exact) mass is 307 g/mol. The van der Waals surface area contributed by atoms with E-state index in [1.165, 1.54) is 11.3 Å². The van der Waals surface area contributed by atoms with E-state index in [-0.39, 0.29) is 26.1 Å². The molecule has 1 aliphatic rings. The average Bonchev–Trinajstić information content (AvgIpc) is 2.97. The Kier molecular flexibility index (Phi) is 4.33. The molecule has 2 heterocycles. The molecule has 0 radical (unpaired) electrons. The van der Waals surface area contributed by atoms with Crippen LogP contribution in [0.2, 0.25) is 0 Å². The summed E-state index contributed by atoms with van der Waals surface area (Å²) in [5.41, 5.74) is -1.41. The molecule has 112 valence electrons. The Bertz CT molecular complexity index is 481. The number of halogens is 3. The van der Waals surface area contributed by atoms with Crippen LogP contribution in [0.1, 0.15) is 17.1 Å². The summed E-state index contributed by atoms with van der Waals surface area (Å²) in [4.78, 5) is 16.1. The van der Waals surface area contributed by atoms with Crippen LogP contribution in [0.5, 0.6) is 0 Å². The molecule has 1 fully saturated rings. The van der Waals surface area contributed by atoms with Crippen molar-refractivity contribution in [1.82, 2.24) is 15.6 Å². The second-order valence-corrected chi connectivity index (χ2v) is 5.84. The molecule has 2 N–H and O–H groups in total. The smallest absolute Gasteiger partial charge is 0.355 e. The fourth-order valence-corrected chi connectivity index (χ4v) is 3.00. The van der Waals surface area contributed by atoms with Crippen molar-refractivity contribution in [3.05, 3.63) is 16.1 Å². The van der Waals surface area contributed by atoms with E-state index in [4.69, 9.17) is 0 Å². The van der Waals surface area contributed by atoms with Crippen molar-refractivity contribution in [2.24, 2.45) is 5.41 Å². The van der Waals surface area contributed by atoms with Crippen LogP contribution in [-0.4, -0.2) is 36.7 Å². The first-order chi connectivity index (χ1) is 9.35. The first-order valence-corrected chi connectivity index (χ1v) is 7.20. The van der Waals surface area contributed by atoms with Gasteiger partial charge in [-0.3, -0.25) is 4.79 Å². The number of hydrogen-bond acceptors (Lipinski definition) is 4. The van der Waals surface area contributed by atoms with Gasteiger partial charge >= 0.3 is 6.18 Å². The maximum absolute atomic E-state index is 13.1. The van der Waals surface area contributed by atoms with Crippen LogP contribution >= 0.6 is 11.3 Å². The van der Waals surface area contributed by atoms with Gasteiger partial charge in [0.05, 0.1) is 5.01 Å². The van der Waals surface area contributed by atoms with Crippen LogP contribution in [0.4, 0.5) is 13.2 Å². The van der Waals surface area contributed by atoms with E-state index < -0.39 is 17.5 Å². The van der Waals surface area contributed by atoms with E-state index in [0.717, 1.165) is 10.7 Å². The van der Waals surface area contributed by atoms with Crippen LogP contribution in [0, 0.1) is 12.3 Å². The van der Waals surface area contributed by atoms with Crippen molar-refractivity contribution >= 4 is 17.2 Å². The Morgan fingerprint density at radius 3 is 2.85 bits per heavy atom. The van der Waals surface area contributed by atoms with Crippen molar-refractivity contribution < 1.29 is 18.0 Å². The van der Waals surface area contributed by atoms with Crippen molar-refractivity contribution in [2.45, 2.75) is 25.9 Å². The quantitative estimate of drug-likeness (QED) is 0.889. The van der Waals surface area contributed by atoms with E-state index in [1.54, 1.807) is 0 Å². The minimum absolute atomic E-state index is 0.170. The summed E-state index contributed by atoms with van der Waals surface area (Å²) in [6, 6.07) is 0. The fourth-order valence-electron chi connectivity index (χ4n) is 2.23. The van der Waals surface area contributed by atoms with E-state index >= 15 is 0 Å². The van der Waals surface area contributed by atoms with Crippen LogP contribution in [0.3, 0.4) is 0 Å². The van der Waals surface area contributed by atoms with E-state index in [1.807, 2.05) is 12.3 Å². The molecule has 0 aromatic carbocycles. The van der Waals surface area contributed by atoms with Crippen molar-refractivity contribution in [3.63, 3.8) is 0 Å². The highest BCUT2D eigenvalue weighted by molar-refractivity contribution is 7.09. The number of nitrogens with one attached hydrogen (secondary N) is 2. The van der Waals surface area contributed by atoms with Gasteiger partial charge in [-0.15, -0.1) is 11.3 Å². The topological polar surface area (TPSA) is 54.0 Å². The molecule has 0 saturated carbocycles. The second-order valence-electron chi connectivity index (χ2n) is 4.90. The van der Waals surface area contributed by atoms with E-state index in [0.29, 0.717) is 6.42 Å². The third kappa shape index (κ3) is 2.95. The molecule has 1 atom stereocenters. The molecule has 0 spiro atoms. The zero-order valence-electron chi connectivity index (χ0n) is 11.0. The molecular weight excluding hydrogens is 291 g/mol. The number of amides is 1. The highest BCUT2D eigenvalue weighted by Gasteiger charge is 2.61. The summed E-state index contributed by atoms with van der Waals surface area (Å²) in [7, 11) is 0. The van der Waals surface area contributed by atoms with Gasteiger partial charge in [-0.25, -0.2) is 4.98 Å². The van der Waals surface area contributed by atoms with Crippen molar-refractivity contribution in [2.75, 3.05) is 19.6 Å². The SMILES string of the molecule is Cc1csc(CCNC(=O)C2(C(F)(F)F)CCNC2)n1. The van der Waals surface area contributed by atoms with Crippen molar-refractivity contribution in [1.29, 1.82) is 0 Å². The molecule has 4 nitrogen and oxygen atoms in total. The molecular formula is C12H16F3N3OS. The van der Waals surface area contributed by atoms with Gasteiger partial charge in [0.25, 0.3) is 0 Å². The molecule has 0 aliphatic carbocycles. The first-order valence-electron chi connectivity index (χ1n) is 6.32. The van der Waals surface area contributed by atoms with Gasteiger partial charge in [0, 0.05) is 30.6 Å². The first kappa shape index (κ1) is 15.2. The maximum Gasteiger partial charge on any atom is 0.404 e. The lowest BCUT2D eigenvalue weighted by molar-refractivity contribution is -0.215. The number of aromatic nitrogens is 1. The van der Waals surface area contributed by atoms with Gasteiger partial charge in [0.2, 0.25) is 5.91 Å². The number of alkyl halides is 3. The van der Waals surface area contributed by atoms with Gasteiger partial charge in [-0.05, 0) is 19.9 Å². The van der Waals surface area contributed by atoms with Crippen LogP contribution in [0.15, 0.2) is 5.38 Å². The predicted octanol–water partition coefficient (Wildman–Crippen LogP) is 1.65. The van der Waals surface area contributed by atoms with Gasteiger partial charge in [-0.2, -0.15) is 13.2 Å². The van der Waals surface area contributed by atoms with Gasteiger partial charge in [0.15, 0.2) is 5.41 Å². The van der Waals surface area contributed by atoms with Gasteiger partial charge in [0.1, 0.15) is 0 Å². The molecule has 1 aromatic rings. The Balaban J connectivity index is 1.93. The molecule has 1 amide bonds. The number of carbonyl (C=O) groups is 1. The zero-order valence-corrected chi connectivity index (χ0v) is 11.8. The van der Waals surface area contributed by atoms with E-state index in [9.17, 15) is 18.0 Å². The number of rotatable bonds is 4. The minimum atomic E-state index is -4.53. The molecule has 8 heteroatoms. The summed E-state index contributed by atoms with van der Waals surface area (Å²) >= 11 is 1.44. The lowest BCUT2D eigenvalue weighted by atomic mass is 9.85. The predicted molar refractivity (Wildman–Crippen MR) is 69.5 cm³/mol. The molecule has 1 unspecified atom stereocenters. The van der Waals surface area contributed by atoms with Crippen LogP contribution < -0.4 is 10.6 Å². The molecule has 2 rings (SSSR count). The highest BCUT2D eigenvalue weighted by atomic mass is 32.1. The second kappa shape index (κ2) is 5.69. The van der Waals surface area contributed by atoms with Crippen LogP contribution in [0.25, 0.3) is 0 Å². The number of thiazole rings is 1. The summed E-state index contributed by atoms with van der Waals surface area (Å²) < 4.78 is 39.3. The fraction of sp³-hybridized carbons (Fsp3) is 0.667. The Morgan fingerprint density at radius 2 is 2.35 bits per heavy atom. The molecule has 0 bridgehead atoms. The Labute approximate surface area is 118 Å². The summed E-state index contributed by atoms with van der Waals surface area (Å²) in [6.45, 7) is 1.88. The molecule has 1 aliphatic heterocycles. The third-order valence-corrected chi connectivity index (χ3v) is 4.45. The standard InChI is InChI=1S/C12H16F3N3OS/c1-8-6-20-9(18-8)2-4-17-10(19)11(12(13,14)15)3-5-16-7-11/h6,16H,2-5,7H2,1H3,(H,17,19). The Hall–Kier alpha value is -1.15. The zero-order chi connectivity index (χ0) is 14.8. The molecule has 1 aromatic heterocycles. The number of hydrogen-bond donors (Lipinski definition) is 2. The number of aryl methyl sites for hydroxylation is 1. The largest absolute Gasteiger partial charge is 0.404 e. The lowest BCUT2D eigenvalue weighted by Gasteiger charge is -2.29. The third-order valence-electron chi connectivity index (χ3n) is 3.42. The normalized spacial score (nSPS) is 23.0. The minimum Gasteiger partial charge on any atom is -0.355 e. The summed E-state index contributed by atoms with van der Waals surface area (Å²) in [5, 5.41) is 7.70. The van der Waals surface area contributed by atoms with Gasteiger partial charge < -0.3 is 10.6 Å². The highest BCUT2D eigenvalue weighted by Crippen LogP contribution is 2.43. The average molecular weight is 307 g/mol. The van der Waals surface area contributed by atoms with E-state index in [2.05, 4.69) is 15.6 Å². The van der Waals surface area contributed by atoms with Crippen LogP contribution in [-0.2, 0) is 11.2 Å². The summed E-state index contributed by atoms with van der Waals surface area (Å²) in [5.74, 6) is -0.941. The lowest BCUT2D eigenvalue weighted by Crippen LogP contribution is -2.52.